The van der Waals surface area contributed by atoms with E-state index >= 15 is 0 Å². The van der Waals surface area contributed by atoms with Crippen LogP contribution in [0.5, 0.6) is 0 Å². The Balaban J connectivity index is 2.23. The summed E-state index contributed by atoms with van der Waals surface area (Å²) in [5, 5.41) is 7.66. The summed E-state index contributed by atoms with van der Waals surface area (Å²) in [6.07, 6.45) is 0. The summed E-state index contributed by atoms with van der Waals surface area (Å²) in [7, 11) is 1.82. The van der Waals surface area contributed by atoms with Crippen molar-refractivity contribution in [3.63, 3.8) is 0 Å². The first-order valence-electron chi connectivity index (χ1n) is 6.32. The molecule has 20 heavy (non-hydrogen) atoms. The predicted molar refractivity (Wildman–Crippen MR) is 79.5 cm³/mol. The number of hydrogen-bond acceptors (Lipinski definition) is 3. The van der Waals surface area contributed by atoms with Gasteiger partial charge in [-0.25, -0.2) is 0 Å². The Labute approximate surface area is 116 Å². The molecule has 0 unspecified atom stereocenters. The molecule has 0 amide bonds. The van der Waals surface area contributed by atoms with E-state index in [-0.39, 0.29) is 0 Å². The molecule has 0 aliphatic heterocycles. The van der Waals surface area contributed by atoms with Crippen LogP contribution in [-0.2, 0) is 7.05 Å². The first kappa shape index (κ1) is 12.3. The molecule has 0 saturated heterocycles. The Morgan fingerprint density at radius 1 is 0.900 bits per heavy atom. The molecule has 4 nitrogen and oxygen atoms in total. The van der Waals surface area contributed by atoms with Crippen LogP contribution in [0.2, 0.25) is 0 Å². The lowest BCUT2D eigenvalue weighted by Crippen LogP contribution is -1.93. The number of nitroso groups, excluding NO2 is 1. The molecule has 0 atom stereocenters. The lowest BCUT2D eigenvalue weighted by molar-refractivity contribution is 0.779. The van der Waals surface area contributed by atoms with Crippen LogP contribution in [0.15, 0.2) is 65.8 Å². The molecule has 2 aromatic carbocycles. The average molecular weight is 263 g/mol. The second kappa shape index (κ2) is 5.09. The maximum absolute atomic E-state index is 11.3. The largest absolute Gasteiger partial charge is 0.265 e. The van der Waals surface area contributed by atoms with Gasteiger partial charge in [0.1, 0.15) is 5.69 Å². The van der Waals surface area contributed by atoms with Crippen LogP contribution < -0.4 is 0 Å². The van der Waals surface area contributed by atoms with Crippen LogP contribution in [0, 0.1) is 4.91 Å². The van der Waals surface area contributed by atoms with Gasteiger partial charge in [-0.2, -0.15) is 5.10 Å². The minimum atomic E-state index is 0.380. The van der Waals surface area contributed by atoms with Gasteiger partial charge < -0.3 is 0 Å². The first-order chi connectivity index (χ1) is 9.81. The van der Waals surface area contributed by atoms with Gasteiger partial charge in [0, 0.05) is 18.2 Å². The van der Waals surface area contributed by atoms with Gasteiger partial charge in [-0.3, -0.25) is 4.68 Å². The van der Waals surface area contributed by atoms with E-state index in [1.54, 1.807) is 4.68 Å². The monoisotopic (exact) mass is 263 g/mol. The number of aromatic nitrogens is 2. The van der Waals surface area contributed by atoms with Crippen LogP contribution >= 0.6 is 0 Å². The van der Waals surface area contributed by atoms with E-state index in [1.165, 1.54) is 0 Å². The van der Waals surface area contributed by atoms with E-state index < -0.39 is 0 Å². The van der Waals surface area contributed by atoms with Crippen molar-refractivity contribution in [3.05, 3.63) is 65.6 Å². The summed E-state index contributed by atoms with van der Waals surface area (Å²) in [6, 6.07) is 19.3. The van der Waals surface area contributed by atoms with E-state index in [1.807, 2.05) is 67.7 Å². The third-order valence-electron chi connectivity index (χ3n) is 3.21. The summed E-state index contributed by atoms with van der Waals surface area (Å²) >= 11 is 0. The summed E-state index contributed by atoms with van der Waals surface area (Å²) < 4.78 is 1.70. The molecule has 0 saturated carbocycles. The molecule has 0 radical (unpaired) electrons. The Morgan fingerprint density at radius 3 is 2.00 bits per heavy atom. The van der Waals surface area contributed by atoms with Crippen LogP contribution in [0.1, 0.15) is 0 Å². The molecule has 1 heterocycles. The number of rotatable bonds is 3. The quantitative estimate of drug-likeness (QED) is 0.666. The molecule has 0 bridgehead atoms. The highest BCUT2D eigenvalue weighted by Gasteiger charge is 2.19. The van der Waals surface area contributed by atoms with E-state index in [2.05, 4.69) is 10.3 Å². The zero-order valence-corrected chi connectivity index (χ0v) is 11.0. The molecule has 4 heteroatoms. The lowest BCUT2D eigenvalue weighted by atomic mass is 10.1. The molecule has 0 aliphatic rings. The number of nitrogens with zero attached hydrogens (tertiary/aromatic N) is 3. The molecule has 0 spiro atoms. The summed E-state index contributed by atoms with van der Waals surface area (Å²) in [6.45, 7) is 0. The Kier molecular flexibility index (Phi) is 3.13. The third kappa shape index (κ3) is 2.01. The minimum absolute atomic E-state index is 0.380. The highest BCUT2D eigenvalue weighted by Crippen LogP contribution is 2.38. The fourth-order valence-electron chi connectivity index (χ4n) is 2.31. The molecular weight excluding hydrogens is 250 g/mol. The topological polar surface area (TPSA) is 47.2 Å². The molecule has 3 aromatic rings. The van der Waals surface area contributed by atoms with Gasteiger partial charge in [-0.1, -0.05) is 60.7 Å². The van der Waals surface area contributed by atoms with Crippen molar-refractivity contribution in [2.24, 2.45) is 12.2 Å². The Bertz CT molecular complexity index is 733. The summed E-state index contributed by atoms with van der Waals surface area (Å²) in [5.41, 5.74) is 3.55. The van der Waals surface area contributed by atoms with E-state index in [4.69, 9.17) is 0 Å². The van der Waals surface area contributed by atoms with Gasteiger partial charge in [0.25, 0.3) is 0 Å². The SMILES string of the molecule is Cn1nc(-c2ccccc2)c(N=O)c1-c1ccccc1. The molecule has 0 fully saturated rings. The molecule has 0 aliphatic carbocycles. The van der Waals surface area contributed by atoms with E-state index in [0.29, 0.717) is 11.4 Å². The first-order valence-corrected chi connectivity index (χ1v) is 6.32. The van der Waals surface area contributed by atoms with Gasteiger partial charge in [0.15, 0.2) is 5.69 Å². The van der Waals surface area contributed by atoms with Gasteiger partial charge in [0.2, 0.25) is 0 Å². The maximum Gasteiger partial charge on any atom is 0.161 e. The summed E-state index contributed by atoms with van der Waals surface area (Å²) in [5.74, 6) is 0. The Hall–Kier alpha value is -2.75. The van der Waals surface area contributed by atoms with Crippen molar-refractivity contribution in [2.45, 2.75) is 0 Å². The van der Waals surface area contributed by atoms with Gasteiger partial charge in [-0.05, 0) is 5.18 Å². The zero-order chi connectivity index (χ0) is 13.9. The van der Waals surface area contributed by atoms with Crippen molar-refractivity contribution >= 4 is 5.69 Å². The van der Waals surface area contributed by atoms with Crippen LogP contribution in [0.25, 0.3) is 22.5 Å². The third-order valence-corrected chi connectivity index (χ3v) is 3.21. The van der Waals surface area contributed by atoms with Crippen LogP contribution in [-0.4, -0.2) is 9.78 Å². The molecule has 1 aromatic heterocycles. The maximum atomic E-state index is 11.3. The van der Waals surface area contributed by atoms with Crippen molar-refractivity contribution < 1.29 is 0 Å². The van der Waals surface area contributed by atoms with Crippen LogP contribution in [0.3, 0.4) is 0 Å². The molecule has 3 rings (SSSR count). The second-order valence-electron chi connectivity index (χ2n) is 4.49. The van der Waals surface area contributed by atoms with Crippen molar-refractivity contribution in [2.75, 3.05) is 0 Å². The van der Waals surface area contributed by atoms with Crippen LogP contribution in [0.4, 0.5) is 5.69 Å². The van der Waals surface area contributed by atoms with Crippen molar-refractivity contribution in [1.82, 2.24) is 9.78 Å². The van der Waals surface area contributed by atoms with Gasteiger partial charge in [0.05, 0.1) is 5.69 Å². The normalized spacial score (nSPS) is 10.4. The smallest absolute Gasteiger partial charge is 0.161 e. The fraction of sp³-hybridized carbons (Fsp3) is 0.0625. The highest BCUT2D eigenvalue weighted by molar-refractivity contribution is 5.84. The highest BCUT2D eigenvalue weighted by atomic mass is 16.3. The van der Waals surface area contributed by atoms with Crippen molar-refractivity contribution in [3.8, 4) is 22.5 Å². The lowest BCUT2D eigenvalue weighted by Gasteiger charge is -2.01. The van der Waals surface area contributed by atoms with Crippen molar-refractivity contribution in [1.29, 1.82) is 0 Å². The predicted octanol–water partition coefficient (Wildman–Crippen LogP) is 4.15. The average Bonchev–Trinajstić information content (AvgIpc) is 2.85. The van der Waals surface area contributed by atoms with E-state index in [9.17, 15) is 4.91 Å². The zero-order valence-electron chi connectivity index (χ0n) is 11.0. The number of benzene rings is 2. The van der Waals surface area contributed by atoms with Gasteiger partial charge in [-0.15, -0.1) is 4.91 Å². The fourth-order valence-corrected chi connectivity index (χ4v) is 2.31. The summed E-state index contributed by atoms with van der Waals surface area (Å²) in [4.78, 5) is 11.3. The minimum Gasteiger partial charge on any atom is -0.265 e. The standard InChI is InChI=1S/C16H13N3O/c1-19-16(13-10-6-3-7-11-13)15(18-20)14(17-19)12-8-4-2-5-9-12/h2-11H,1H3. The van der Waals surface area contributed by atoms with Gasteiger partial charge >= 0.3 is 0 Å². The second-order valence-corrected chi connectivity index (χ2v) is 4.49. The Morgan fingerprint density at radius 2 is 1.45 bits per heavy atom. The number of aryl methyl sites for hydroxylation is 1. The van der Waals surface area contributed by atoms with E-state index in [0.717, 1.165) is 16.8 Å². The number of hydrogen-bond donors (Lipinski definition) is 0. The molecular formula is C16H13N3O. The molecule has 98 valence electrons. The molecule has 0 N–H and O–H groups in total.